The predicted molar refractivity (Wildman–Crippen MR) is 94.1 cm³/mol. The number of carboxylic acid groups (broad SMARTS) is 1. The second-order valence-electron chi connectivity index (χ2n) is 5.80. The molecule has 0 radical (unpaired) electrons. The largest absolute Gasteiger partial charge is 0.480 e. The monoisotopic (exact) mass is 344 g/mol. The maximum Gasteiger partial charge on any atom is 0.324 e. The van der Waals surface area contributed by atoms with Crippen LogP contribution in [0.4, 0.5) is 0 Å². The molecule has 24 heavy (non-hydrogen) atoms. The van der Waals surface area contributed by atoms with E-state index in [2.05, 4.69) is 0 Å². The van der Waals surface area contributed by atoms with Crippen LogP contribution >= 0.6 is 11.8 Å². The van der Waals surface area contributed by atoms with E-state index in [1.807, 2.05) is 54.6 Å². The number of ether oxygens (including phenoxy) is 2. The molecule has 126 valence electrons. The van der Waals surface area contributed by atoms with E-state index in [-0.39, 0.29) is 0 Å². The van der Waals surface area contributed by atoms with Gasteiger partial charge < -0.3 is 14.6 Å². The SMILES string of the molecule is CSC(C)(C(=O)O)c1cccc(C2(c3ccccc3)OCCO2)c1. The van der Waals surface area contributed by atoms with Crippen LogP contribution < -0.4 is 0 Å². The second kappa shape index (κ2) is 6.59. The second-order valence-corrected chi connectivity index (χ2v) is 7.03. The van der Waals surface area contributed by atoms with Crippen LogP contribution in [0.15, 0.2) is 54.6 Å². The number of aliphatic carboxylic acids is 1. The number of hydrogen-bond donors (Lipinski definition) is 1. The molecule has 0 bridgehead atoms. The third-order valence-corrected chi connectivity index (χ3v) is 5.68. The van der Waals surface area contributed by atoms with Gasteiger partial charge in [-0.15, -0.1) is 11.8 Å². The van der Waals surface area contributed by atoms with Gasteiger partial charge in [0.1, 0.15) is 4.75 Å². The van der Waals surface area contributed by atoms with Crippen molar-refractivity contribution in [2.45, 2.75) is 17.5 Å². The van der Waals surface area contributed by atoms with E-state index in [0.29, 0.717) is 13.2 Å². The summed E-state index contributed by atoms with van der Waals surface area (Å²) in [7, 11) is 0. The maximum atomic E-state index is 11.8. The molecule has 2 aromatic carbocycles. The molecule has 1 heterocycles. The van der Waals surface area contributed by atoms with E-state index in [1.54, 1.807) is 13.2 Å². The zero-order valence-electron chi connectivity index (χ0n) is 13.7. The molecule has 1 saturated heterocycles. The summed E-state index contributed by atoms with van der Waals surface area (Å²) in [6, 6.07) is 17.2. The lowest BCUT2D eigenvalue weighted by molar-refractivity contribution is -0.139. The standard InChI is InChI=1S/C19H20O4S/c1-18(24-2,17(20)21)15-9-6-10-16(13-15)19(22-11-12-23-19)14-7-4-3-5-8-14/h3-10,13H,11-12H2,1-2H3,(H,20,21). The molecule has 0 saturated carbocycles. The van der Waals surface area contributed by atoms with Gasteiger partial charge in [0.05, 0.1) is 13.2 Å². The molecule has 4 nitrogen and oxygen atoms in total. The molecule has 0 aromatic heterocycles. The third kappa shape index (κ3) is 2.73. The summed E-state index contributed by atoms with van der Waals surface area (Å²) in [6.07, 6.45) is 1.80. The number of carbonyl (C=O) groups is 1. The van der Waals surface area contributed by atoms with Crippen molar-refractivity contribution in [1.29, 1.82) is 0 Å². The fourth-order valence-corrected chi connectivity index (χ4v) is 3.46. The van der Waals surface area contributed by atoms with E-state index in [9.17, 15) is 9.90 Å². The highest BCUT2D eigenvalue weighted by Gasteiger charge is 2.42. The Bertz CT molecular complexity index is 725. The molecule has 1 unspecified atom stereocenters. The number of thioether (sulfide) groups is 1. The van der Waals surface area contributed by atoms with E-state index in [0.717, 1.165) is 16.7 Å². The van der Waals surface area contributed by atoms with Crippen molar-refractivity contribution in [1.82, 2.24) is 0 Å². The van der Waals surface area contributed by atoms with Gasteiger partial charge >= 0.3 is 5.97 Å². The van der Waals surface area contributed by atoms with Gasteiger partial charge in [0.2, 0.25) is 5.79 Å². The Hall–Kier alpha value is -1.82. The summed E-state index contributed by atoms with van der Waals surface area (Å²) in [4.78, 5) is 11.8. The number of rotatable bonds is 5. The van der Waals surface area contributed by atoms with Crippen molar-refractivity contribution in [3.63, 3.8) is 0 Å². The fraction of sp³-hybridized carbons (Fsp3) is 0.316. The molecule has 3 rings (SSSR count). The van der Waals surface area contributed by atoms with Crippen molar-refractivity contribution < 1.29 is 19.4 Å². The van der Waals surface area contributed by atoms with Gasteiger partial charge in [-0.25, -0.2) is 0 Å². The Morgan fingerprint density at radius 2 is 1.71 bits per heavy atom. The predicted octanol–water partition coefficient (Wildman–Crippen LogP) is 3.60. The smallest absolute Gasteiger partial charge is 0.324 e. The van der Waals surface area contributed by atoms with Crippen LogP contribution in [0.3, 0.4) is 0 Å². The molecule has 0 spiro atoms. The van der Waals surface area contributed by atoms with E-state index < -0.39 is 16.5 Å². The molecule has 1 fully saturated rings. The first-order chi connectivity index (χ1) is 11.5. The van der Waals surface area contributed by atoms with E-state index in [4.69, 9.17) is 9.47 Å². The highest BCUT2D eigenvalue weighted by molar-refractivity contribution is 8.00. The average molecular weight is 344 g/mol. The zero-order chi connectivity index (χ0) is 17.2. The van der Waals surface area contributed by atoms with Gasteiger partial charge in [-0.1, -0.05) is 48.5 Å². The summed E-state index contributed by atoms with van der Waals surface area (Å²) in [5.41, 5.74) is 2.43. The van der Waals surface area contributed by atoms with Crippen LogP contribution in [0.1, 0.15) is 23.6 Å². The summed E-state index contributed by atoms with van der Waals surface area (Å²) in [5.74, 6) is -1.84. The molecule has 1 N–H and O–H groups in total. The minimum absolute atomic E-state index is 0.498. The molecule has 2 aromatic rings. The normalized spacial score (nSPS) is 18.9. The van der Waals surface area contributed by atoms with E-state index in [1.165, 1.54) is 11.8 Å². The van der Waals surface area contributed by atoms with Crippen LogP contribution in [0.25, 0.3) is 0 Å². The van der Waals surface area contributed by atoms with Gasteiger partial charge in [-0.2, -0.15) is 0 Å². The average Bonchev–Trinajstić information content (AvgIpc) is 3.13. The molecular weight excluding hydrogens is 324 g/mol. The van der Waals surface area contributed by atoms with Gasteiger partial charge in [0.25, 0.3) is 0 Å². The summed E-state index contributed by atoms with van der Waals surface area (Å²) in [6.45, 7) is 2.71. The molecule has 1 aliphatic rings. The van der Waals surface area contributed by atoms with Crippen LogP contribution in [-0.4, -0.2) is 30.5 Å². The Morgan fingerprint density at radius 1 is 1.08 bits per heavy atom. The summed E-state index contributed by atoms with van der Waals surface area (Å²) < 4.78 is 11.0. The van der Waals surface area contributed by atoms with Crippen LogP contribution in [0.2, 0.25) is 0 Å². The number of benzene rings is 2. The highest BCUT2D eigenvalue weighted by atomic mass is 32.2. The van der Waals surface area contributed by atoms with Gasteiger partial charge in [-0.3, -0.25) is 4.79 Å². The quantitative estimate of drug-likeness (QED) is 0.898. The van der Waals surface area contributed by atoms with Crippen molar-refractivity contribution in [2.75, 3.05) is 19.5 Å². The Kier molecular flexibility index (Phi) is 4.67. The minimum Gasteiger partial charge on any atom is -0.480 e. The van der Waals surface area contributed by atoms with Crippen molar-refractivity contribution in [3.05, 3.63) is 71.3 Å². The number of hydrogen-bond acceptors (Lipinski definition) is 4. The van der Waals surface area contributed by atoms with Crippen LogP contribution in [-0.2, 0) is 24.8 Å². The number of carboxylic acids is 1. The first-order valence-electron chi connectivity index (χ1n) is 7.76. The van der Waals surface area contributed by atoms with E-state index >= 15 is 0 Å². The third-order valence-electron chi connectivity index (χ3n) is 4.46. The highest BCUT2D eigenvalue weighted by Crippen LogP contribution is 2.41. The zero-order valence-corrected chi connectivity index (χ0v) is 14.5. The molecule has 5 heteroatoms. The van der Waals surface area contributed by atoms with Gasteiger partial charge in [0, 0.05) is 11.1 Å². The molecule has 0 amide bonds. The van der Waals surface area contributed by atoms with Crippen molar-refractivity contribution in [3.8, 4) is 0 Å². The maximum absolute atomic E-state index is 11.8. The molecule has 1 aliphatic heterocycles. The topological polar surface area (TPSA) is 55.8 Å². The minimum atomic E-state index is -1.02. The fourth-order valence-electron chi connectivity index (χ4n) is 2.92. The molecular formula is C19H20O4S. The van der Waals surface area contributed by atoms with Crippen LogP contribution in [0, 0.1) is 0 Å². The lowest BCUT2D eigenvalue weighted by atomic mass is 9.92. The summed E-state index contributed by atoms with van der Waals surface area (Å²) >= 11 is 1.30. The summed E-state index contributed by atoms with van der Waals surface area (Å²) in [5, 5.41) is 9.64. The van der Waals surface area contributed by atoms with Crippen molar-refractivity contribution in [2.24, 2.45) is 0 Å². The Balaban J connectivity index is 2.11. The Labute approximate surface area is 145 Å². The molecule has 0 aliphatic carbocycles. The lowest BCUT2D eigenvalue weighted by Crippen LogP contribution is -2.31. The Morgan fingerprint density at radius 3 is 2.29 bits per heavy atom. The van der Waals surface area contributed by atoms with Crippen molar-refractivity contribution >= 4 is 17.7 Å². The molecule has 1 atom stereocenters. The van der Waals surface area contributed by atoms with Gasteiger partial charge in [0.15, 0.2) is 0 Å². The lowest BCUT2D eigenvalue weighted by Gasteiger charge is -2.30. The van der Waals surface area contributed by atoms with Crippen LogP contribution in [0.5, 0.6) is 0 Å². The first-order valence-corrected chi connectivity index (χ1v) is 8.98. The first kappa shape index (κ1) is 17.0. The van der Waals surface area contributed by atoms with Gasteiger partial charge in [-0.05, 0) is 24.8 Å².